The second-order valence-electron chi connectivity index (χ2n) is 7.16. The van der Waals surface area contributed by atoms with Gasteiger partial charge in [-0.2, -0.15) is 15.2 Å². The summed E-state index contributed by atoms with van der Waals surface area (Å²) in [6.45, 7) is 3.56. The fourth-order valence-electron chi connectivity index (χ4n) is 3.34. The first-order chi connectivity index (χ1) is 16.6. The number of methoxy groups -OCH3 is 1. The highest BCUT2D eigenvalue weighted by Crippen LogP contribution is 2.32. The summed E-state index contributed by atoms with van der Waals surface area (Å²) in [5.74, 6) is -2.46. The highest BCUT2D eigenvalue weighted by atomic mass is 19.4. The molecule has 1 atom stereocenters. The van der Waals surface area contributed by atoms with Crippen molar-refractivity contribution >= 4 is 17.0 Å². The summed E-state index contributed by atoms with van der Waals surface area (Å²) in [5, 5.41) is 8.36. The predicted octanol–water partition coefficient (Wildman–Crippen LogP) is 3.84. The first kappa shape index (κ1) is 23.9. The van der Waals surface area contributed by atoms with E-state index in [1.807, 2.05) is 0 Å². The average Bonchev–Trinajstić information content (AvgIpc) is 3.46. The maximum Gasteiger partial charge on any atom is 0.573 e. The van der Waals surface area contributed by atoms with Crippen molar-refractivity contribution in [3.8, 4) is 17.6 Å². The van der Waals surface area contributed by atoms with E-state index in [9.17, 15) is 22.4 Å². The van der Waals surface area contributed by atoms with Gasteiger partial charge in [-0.05, 0) is 31.5 Å². The van der Waals surface area contributed by atoms with Crippen molar-refractivity contribution in [1.29, 1.82) is 0 Å². The molecule has 0 fully saturated rings. The zero-order valence-corrected chi connectivity index (χ0v) is 18.6. The average molecular weight is 494 g/mol. The van der Waals surface area contributed by atoms with Gasteiger partial charge in [0.05, 0.1) is 37.7 Å². The fourth-order valence-corrected chi connectivity index (χ4v) is 3.34. The fraction of sp³-hybridized carbons (Fsp3) is 0.286. The SMILES string of the molecule is CCOC(=O)c1cnn(-c2nc(OC)c3c(cnn3[C@@H](C)c3ccc(OC(F)(F)F)c(F)c3)n2)c1. The third-order valence-electron chi connectivity index (χ3n) is 4.92. The van der Waals surface area contributed by atoms with Crippen LogP contribution >= 0.6 is 0 Å². The molecule has 0 aliphatic heterocycles. The Morgan fingerprint density at radius 3 is 2.60 bits per heavy atom. The third kappa shape index (κ3) is 4.85. The van der Waals surface area contributed by atoms with Gasteiger partial charge in [0.2, 0.25) is 5.88 Å². The quantitative estimate of drug-likeness (QED) is 0.282. The molecule has 35 heavy (non-hydrogen) atoms. The van der Waals surface area contributed by atoms with Crippen molar-refractivity contribution in [2.45, 2.75) is 26.3 Å². The number of esters is 1. The van der Waals surface area contributed by atoms with E-state index >= 15 is 0 Å². The molecule has 1 aromatic carbocycles. The number of carbonyl (C=O) groups excluding carboxylic acids is 1. The van der Waals surface area contributed by atoms with Crippen LogP contribution in [-0.2, 0) is 4.74 Å². The summed E-state index contributed by atoms with van der Waals surface area (Å²) in [6, 6.07) is 2.49. The highest BCUT2D eigenvalue weighted by molar-refractivity contribution is 5.88. The van der Waals surface area contributed by atoms with Gasteiger partial charge >= 0.3 is 12.3 Å². The first-order valence-corrected chi connectivity index (χ1v) is 10.2. The Hall–Kier alpha value is -4.23. The number of halogens is 4. The normalized spacial score (nSPS) is 12.5. The number of ether oxygens (including phenoxy) is 3. The van der Waals surface area contributed by atoms with E-state index in [1.54, 1.807) is 13.8 Å². The van der Waals surface area contributed by atoms with Gasteiger partial charge in [0.25, 0.3) is 5.95 Å². The lowest BCUT2D eigenvalue weighted by Crippen LogP contribution is -2.18. The predicted molar refractivity (Wildman–Crippen MR) is 112 cm³/mol. The number of carbonyl (C=O) groups is 1. The molecule has 0 N–H and O–H groups in total. The molecule has 0 saturated heterocycles. The van der Waals surface area contributed by atoms with E-state index in [4.69, 9.17) is 9.47 Å². The third-order valence-corrected chi connectivity index (χ3v) is 4.92. The largest absolute Gasteiger partial charge is 0.573 e. The Labute approximate surface area is 195 Å². The van der Waals surface area contributed by atoms with Crippen LogP contribution in [0.1, 0.15) is 35.8 Å². The minimum atomic E-state index is -5.01. The van der Waals surface area contributed by atoms with E-state index in [0.29, 0.717) is 16.6 Å². The van der Waals surface area contributed by atoms with E-state index < -0.39 is 29.9 Å². The molecule has 0 unspecified atom stereocenters. The lowest BCUT2D eigenvalue weighted by molar-refractivity contribution is -0.275. The van der Waals surface area contributed by atoms with Crippen molar-refractivity contribution < 1.29 is 36.6 Å². The maximum atomic E-state index is 14.2. The minimum absolute atomic E-state index is 0.0943. The summed E-state index contributed by atoms with van der Waals surface area (Å²) in [7, 11) is 1.38. The lowest BCUT2D eigenvalue weighted by Gasteiger charge is -2.16. The van der Waals surface area contributed by atoms with Gasteiger partial charge in [0, 0.05) is 6.20 Å². The standard InChI is InChI=1S/C21H18F4N6O4/c1-4-34-19(32)13-8-26-30(10-13)20-28-15-9-27-31(17(15)18(29-20)33-3)11(2)12-5-6-16(14(22)7-12)35-21(23,24)25/h5-11H,4H2,1-3H3/t11-/m0/s1. The molecule has 0 aliphatic carbocycles. The first-order valence-electron chi connectivity index (χ1n) is 10.2. The molecule has 14 heteroatoms. The molecule has 3 heterocycles. The second kappa shape index (κ2) is 9.19. The zero-order valence-electron chi connectivity index (χ0n) is 18.6. The van der Waals surface area contributed by atoms with E-state index in [2.05, 4.69) is 24.9 Å². The van der Waals surface area contributed by atoms with Crippen LogP contribution in [0, 0.1) is 5.82 Å². The summed E-state index contributed by atoms with van der Waals surface area (Å²) < 4.78 is 68.3. The van der Waals surface area contributed by atoms with Crippen molar-refractivity contribution in [2.75, 3.05) is 13.7 Å². The van der Waals surface area contributed by atoms with Crippen LogP contribution in [0.15, 0.2) is 36.8 Å². The smallest absolute Gasteiger partial charge is 0.479 e. The maximum absolute atomic E-state index is 14.2. The van der Waals surface area contributed by atoms with Crippen LogP contribution in [0.3, 0.4) is 0 Å². The number of hydrogen-bond acceptors (Lipinski definition) is 8. The van der Waals surface area contributed by atoms with Gasteiger partial charge in [-0.25, -0.2) is 18.9 Å². The molecular formula is C21H18F4N6O4. The Kier molecular flexibility index (Phi) is 6.28. The molecule has 0 radical (unpaired) electrons. The molecule has 4 aromatic rings. The van der Waals surface area contributed by atoms with Crippen LogP contribution in [0.5, 0.6) is 11.6 Å². The topological polar surface area (TPSA) is 106 Å². The Bertz CT molecular complexity index is 1380. The van der Waals surface area contributed by atoms with Gasteiger partial charge in [-0.3, -0.25) is 4.68 Å². The Balaban J connectivity index is 1.69. The second-order valence-corrected chi connectivity index (χ2v) is 7.16. The number of benzene rings is 1. The molecule has 0 amide bonds. The highest BCUT2D eigenvalue weighted by Gasteiger charge is 2.32. The molecular weight excluding hydrogens is 476 g/mol. The lowest BCUT2D eigenvalue weighted by atomic mass is 10.1. The van der Waals surface area contributed by atoms with Gasteiger partial charge < -0.3 is 14.2 Å². The monoisotopic (exact) mass is 494 g/mol. The van der Waals surface area contributed by atoms with Crippen LogP contribution in [0.4, 0.5) is 17.6 Å². The van der Waals surface area contributed by atoms with Gasteiger partial charge in [0.1, 0.15) is 11.0 Å². The zero-order chi connectivity index (χ0) is 25.3. The molecule has 3 aromatic heterocycles. The summed E-state index contributed by atoms with van der Waals surface area (Å²) >= 11 is 0. The van der Waals surface area contributed by atoms with Crippen molar-refractivity contribution in [1.82, 2.24) is 29.5 Å². The van der Waals surface area contributed by atoms with Gasteiger partial charge in [-0.15, -0.1) is 13.2 Å². The van der Waals surface area contributed by atoms with Gasteiger partial charge in [0.15, 0.2) is 11.6 Å². The van der Waals surface area contributed by atoms with Crippen LogP contribution in [0.25, 0.3) is 17.0 Å². The van der Waals surface area contributed by atoms with Crippen LogP contribution in [-0.4, -0.2) is 55.6 Å². The summed E-state index contributed by atoms with van der Waals surface area (Å²) in [4.78, 5) is 20.6. The van der Waals surface area contributed by atoms with Crippen LogP contribution < -0.4 is 9.47 Å². The number of alkyl halides is 3. The minimum Gasteiger partial charge on any atom is -0.479 e. The number of fused-ring (bicyclic) bond motifs is 1. The van der Waals surface area contributed by atoms with Crippen LogP contribution in [0.2, 0.25) is 0 Å². The Morgan fingerprint density at radius 1 is 1.17 bits per heavy atom. The summed E-state index contributed by atoms with van der Waals surface area (Å²) in [5.41, 5.74) is 1.24. The van der Waals surface area contributed by atoms with E-state index in [1.165, 1.54) is 41.1 Å². The molecule has 4 rings (SSSR count). The number of nitrogens with zero attached hydrogens (tertiary/aromatic N) is 6. The van der Waals surface area contributed by atoms with Crippen molar-refractivity contribution in [3.05, 3.63) is 53.7 Å². The van der Waals surface area contributed by atoms with E-state index in [-0.39, 0.29) is 24.0 Å². The molecule has 0 saturated carbocycles. The Morgan fingerprint density at radius 2 is 1.94 bits per heavy atom. The number of hydrogen-bond donors (Lipinski definition) is 0. The van der Waals surface area contributed by atoms with Crippen molar-refractivity contribution in [2.24, 2.45) is 0 Å². The molecule has 184 valence electrons. The molecule has 10 nitrogen and oxygen atoms in total. The molecule has 0 aliphatic rings. The molecule has 0 spiro atoms. The number of rotatable bonds is 7. The van der Waals surface area contributed by atoms with E-state index in [0.717, 1.165) is 12.1 Å². The van der Waals surface area contributed by atoms with Crippen molar-refractivity contribution in [3.63, 3.8) is 0 Å². The number of aromatic nitrogens is 6. The molecule has 0 bridgehead atoms. The summed E-state index contributed by atoms with van der Waals surface area (Å²) in [6.07, 6.45) is -0.879. The van der Waals surface area contributed by atoms with Gasteiger partial charge in [-0.1, -0.05) is 6.07 Å².